The van der Waals surface area contributed by atoms with Crippen molar-refractivity contribution in [3.05, 3.63) is 30.3 Å². The van der Waals surface area contributed by atoms with Gasteiger partial charge in [-0.15, -0.1) is 0 Å². The van der Waals surface area contributed by atoms with Crippen LogP contribution in [0, 0.1) is 0 Å². The lowest BCUT2D eigenvalue weighted by molar-refractivity contribution is 0.268. The van der Waals surface area contributed by atoms with E-state index in [1.165, 1.54) is 0 Å². The summed E-state index contributed by atoms with van der Waals surface area (Å²) in [5, 5.41) is 0. The van der Waals surface area contributed by atoms with E-state index in [1.807, 2.05) is 55.9 Å². The van der Waals surface area contributed by atoms with Crippen LogP contribution in [0.5, 0.6) is 0 Å². The van der Waals surface area contributed by atoms with Crippen LogP contribution in [-0.2, 0) is 9.05 Å². The van der Waals surface area contributed by atoms with Crippen molar-refractivity contribution in [2.75, 3.05) is 24.9 Å². The third-order valence-corrected chi connectivity index (χ3v) is 3.53. The Kier molecular flexibility index (Phi) is 5.62. The second kappa shape index (κ2) is 6.78. The van der Waals surface area contributed by atoms with Gasteiger partial charge >= 0.3 is 0 Å². The Hall–Kier alpha value is -0.630. The average molecular weight is 227 g/mol. The molecule has 1 aromatic rings. The van der Waals surface area contributed by atoms with Crippen LogP contribution in [0.25, 0.3) is 0 Å². The van der Waals surface area contributed by atoms with Crippen molar-refractivity contribution in [1.29, 1.82) is 0 Å². The van der Waals surface area contributed by atoms with Gasteiger partial charge in [0.15, 0.2) is 0 Å². The van der Waals surface area contributed by atoms with E-state index >= 15 is 0 Å². The zero-order chi connectivity index (χ0) is 11.1. The molecule has 0 unspecified atom stereocenters. The largest absolute Gasteiger partial charge is 0.318 e. The minimum Gasteiger partial charge on any atom is -0.318 e. The number of benzene rings is 1. The molecule has 0 heterocycles. The summed E-state index contributed by atoms with van der Waals surface area (Å²) < 4.78 is 13.2. The lowest BCUT2D eigenvalue weighted by Gasteiger charge is -2.26. The molecule has 4 heteroatoms. The van der Waals surface area contributed by atoms with E-state index in [4.69, 9.17) is 9.05 Å². The van der Waals surface area contributed by atoms with E-state index in [0.717, 1.165) is 5.69 Å². The van der Waals surface area contributed by atoms with Gasteiger partial charge in [-0.3, -0.25) is 0 Å². The molecule has 0 fully saturated rings. The fourth-order valence-electron chi connectivity index (χ4n) is 1.17. The molecule has 0 spiro atoms. The fraction of sp³-hybridized carbons (Fsp3) is 0.455. The van der Waals surface area contributed by atoms with Crippen LogP contribution in [0.4, 0.5) is 5.69 Å². The van der Waals surface area contributed by atoms with Crippen molar-refractivity contribution in [2.45, 2.75) is 13.8 Å². The van der Waals surface area contributed by atoms with E-state index in [1.54, 1.807) is 0 Å². The summed E-state index contributed by atoms with van der Waals surface area (Å²) in [6.45, 7) is 5.30. The van der Waals surface area contributed by atoms with Gasteiger partial charge in [-0.1, -0.05) is 18.2 Å². The first kappa shape index (κ1) is 12.4. The SMILES string of the molecule is CCOP(OCC)N(C)c1ccccc1. The van der Waals surface area contributed by atoms with Crippen LogP contribution in [0.3, 0.4) is 0 Å². The van der Waals surface area contributed by atoms with Gasteiger partial charge in [0, 0.05) is 12.7 Å². The first-order chi connectivity index (χ1) is 7.29. The van der Waals surface area contributed by atoms with Crippen molar-refractivity contribution in [3.63, 3.8) is 0 Å². The summed E-state index contributed by atoms with van der Waals surface area (Å²) in [5.74, 6) is 0. The summed E-state index contributed by atoms with van der Waals surface area (Å²) in [6.07, 6.45) is 0. The van der Waals surface area contributed by atoms with E-state index in [9.17, 15) is 0 Å². The summed E-state index contributed by atoms with van der Waals surface area (Å²) in [5.41, 5.74) is 1.12. The predicted octanol–water partition coefficient (Wildman–Crippen LogP) is 3.42. The number of para-hydroxylation sites is 1. The Bertz CT molecular complexity index is 263. The van der Waals surface area contributed by atoms with Crippen LogP contribution in [0.15, 0.2) is 30.3 Å². The van der Waals surface area contributed by atoms with Gasteiger partial charge in [0.2, 0.25) is 0 Å². The Morgan fingerprint density at radius 1 is 1.07 bits per heavy atom. The first-order valence-electron chi connectivity index (χ1n) is 5.14. The minimum absolute atomic E-state index is 0.670. The molecule has 0 radical (unpaired) electrons. The third-order valence-electron chi connectivity index (χ3n) is 1.85. The van der Waals surface area contributed by atoms with Gasteiger partial charge in [0.25, 0.3) is 8.53 Å². The quantitative estimate of drug-likeness (QED) is 0.695. The number of nitrogens with zero attached hydrogens (tertiary/aromatic N) is 1. The van der Waals surface area contributed by atoms with Crippen LogP contribution >= 0.6 is 8.53 Å². The standard InChI is InChI=1S/C11H18NO2P/c1-4-13-15(14-5-2)12(3)11-9-7-6-8-10-11/h6-10H,4-5H2,1-3H3. The molecule has 0 bridgehead atoms. The summed E-state index contributed by atoms with van der Waals surface area (Å²) in [7, 11) is 1.03. The molecule has 84 valence electrons. The normalized spacial score (nSPS) is 10.7. The monoisotopic (exact) mass is 227 g/mol. The van der Waals surface area contributed by atoms with Gasteiger partial charge < -0.3 is 13.7 Å². The van der Waals surface area contributed by atoms with Gasteiger partial charge in [-0.05, 0) is 26.0 Å². The highest BCUT2D eigenvalue weighted by Crippen LogP contribution is 2.44. The van der Waals surface area contributed by atoms with Crippen molar-refractivity contribution >= 4 is 14.2 Å². The third kappa shape index (κ3) is 3.78. The Balaban J connectivity index is 2.67. The molecule has 0 aliphatic rings. The fourth-order valence-corrected chi connectivity index (χ4v) is 2.35. The minimum atomic E-state index is -0.965. The maximum absolute atomic E-state index is 5.57. The molecule has 15 heavy (non-hydrogen) atoms. The zero-order valence-corrected chi connectivity index (χ0v) is 10.4. The Labute approximate surface area is 93.0 Å². The maximum Gasteiger partial charge on any atom is 0.289 e. The van der Waals surface area contributed by atoms with Crippen LogP contribution < -0.4 is 4.67 Å². The number of hydrogen-bond acceptors (Lipinski definition) is 3. The highest BCUT2D eigenvalue weighted by molar-refractivity contribution is 7.49. The summed E-state index contributed by atoms with van der Waals surface area (Å²) in [4.78, 5) is 0. The highest BCUT2D eigenvalue weighted by Gasteiger charge is 2.16. The second-order valence-corrected chi connectivity index (χ2v) is 4.52. The zero-order valence-electron chi connectivity index (χ0n) is 9.51. The molecule has 3 nitrogen and oxygen atoms in total. The van der Waals surface area contributed by atoms with Crippen molar-refractivity contribution in [2.24, 2.45) is 0 Å². The van der Waals surface area contributed by atoms with E-state index in [2.05, 4.69) is 0 Å². The predicted molar refractivity (Wildman–Crippen MR) is 65.0 cm³/mol. The first-order valence-corrected chi connectivity index (χ1v) is 6.27. The maximum atomic E-state index is 5.57. The lowest BCUT2D eigenvalue weighted by Crippen LogP contribution is -2.13. The lowest BCUT2D eigenvalue weighted by atomic mass is 10.3. The summed E-state index contributed by atoms with van der Waals surface area (Å²) in [6, 6.07) is 10.1. The van der Waals surface area contributed by atoms with Gasteiger partial charge in [-0.25, -0.2) is 0 Å². The van der Waals surface area contributed by atoms with Crippen LogP contribution in [0.1, 0.15) is 13.8 Å². The summed E-state index contributed by atoms with van der Waals surface area (Å²) >= 11 is 0. The molecule has 0 saturated heterocycles. The van der Waals surface area contributed by atoms with Gasteiger partial charge in [0.1, 0.15) is 0 Å². The van der Waals surface area contributed by atoms with Crippen molar-refractivity contribution in [1.82, 2.24) is 0 Å². The molecule has 0 aromatic heterocycles. The van der Waals surface area contributed by atoms with Crippen molar-refractivity contribution < 1.29 is 9.05 Å². The highest BCUT2D eigenvalue weighted by atomic mass is 31.2. The molecule has 0 N–H and O–H groups in total. The van der Waals surface area contributed by atoms with Crippen LogP contribution in [0.2, 0.25) is 0 Å². The van der Waals surface area contributed by atoms with E-state index in [-0.39, 0.29) is 0 Å². The molecule has 0 aliphatic heterocycles. The Morgan fingerprint density at radius 3 is 2.07 bits per heavy atom. The molecular weight excluding hydrogens is 209 g/mol. The average Bonchev–Trinajstić information content (AvgIpc) is 2.29. The Morgan fingerprint density at radius 2 is 1.60 bits per heavy atom. The smallest absolute Gasteiger partial charge is 0.289 e. The molecule has 0 aliphatic carbocycles. The van der Waals surface area contributed by atoms with Gasteiger partial charge in [0.05, 0.1) is 13.2 Å². The van der Waals surface area contributed by atoms with Crippen molar-refractivity contribution in [3.8, 4) is 0 Å². The number of anilines is 1. The molecular formula is C11H18NO2P. The molecule has 0 amide bonds. The molecule has 0 saturated carbocycles. The topological polar surface area (TPSA) is 21.7 Å². The van der Waals surface area contributed by atoms with Gasteiger partial charge in [-0.2, -0.15) is 0 Å². The van der Waals surface area contributed by atoms with E-state index < -0.39 is 8.53 Å². The number of hydrogen-bond donors (Lipinski definition) is 0. The number of rotatable bonds is 6. The van der Waals surface area contributed by atoms with Crippen LogP contribution in [-0.4, -0.2) is 20.3 Å². The molecule has 0 atom stereocenters. The second-order valence-electron chi connectivity index (χ2n) is 2.93. The molecule has 1 aromatic carbocycles. The van der Waals surface area contributed by atoms with E-state index in [0.29, 0.717) is 13.2 Å². The molecule has 1 rings (SSSR count).